The van der Waals surface area contributed by atoms with E-state index in [4.69, 9.17) is 0 Å². The van der Waals surface area contributed by atoms with Gasteiger partial charge in [-0.05, 0) is 44.9 Å². The molecule has 3 heteroatoms. The van der Waals surface area contributed by atoms with Gasteiger partial charge in [-0.1, -0.05) is 12.1 Å². The fourth-order valence-corrected chi connectivity index (χ4v) is 2.50. The summed E-state index contributed by atoms with van der Waals surface area (Å²) in [5.74, 6) is 0. The summed E-state index contributed by atoms with van der Waals surface area (Å²) in [5, 5.41) is 12.9. The van der Waals surface area contributed by atoms with Gasteiger partial charge >= 0.3 is 0 Å². The molecule has 1 N–H and O–H groups in total. The van der Waals surface area contributed by atoms with Gasteiger partial charge in [0.1, 0.15) is 5.54 Å². The second-order valence-electron chi connectivity index (χ2n) is 5.50. The number of anilines is 1. The number of nitrogens with zero attached hydrogens (tertiary/aromatic N) is 2. The molecular weight excluding hydrogens is 222 g/mol. The van der Waals surface area contributed by atoms with Gasteiger partial charge in [0, 0.05) is 24.8 Å². The molecule has 1 atom stereocenters. The van der Waals surface area contributed by atoms with E-state index in [2.05, 4.69) is 49.2 Å². The summed E-state index contributed by atoms with van der Waals surface area (Å²) in [6.07, 6.45) is 0.885. The molecule has 0 aliphatic carbocycles. The van der Waals surface area contributed by atoms with E-state index < -0.39 is 5.54 Å². The molecule has 1 aromatic carbocycles. The monoisotopic (exact) mass is 243 g/mol. The molecule has 18 heavy (non-hydrogen) atoms. The lowest BCUT2D eigenvalue weighted by Crippen LogP contribution is -2.41. The molecule has 1 aliphatic heterocycles. The largest absolute Gasteiger partial charge is 0.366 e. The molecule has 2 rings (SSSR count). The number of likely N-dealkylation sites (tertiary alicyclic amines) is 1. The third-order valence-electron chi connectivity index (χ3n) is 3.64. The van der Waals surface area contributed by atoms with Crippen LogP contribution in [0.1, 0.15) is 25.8 Å². The van der Waals surface area contributed by atoms with Gasteiger partial charge < -0.3 is 5.32 Å². The van der Waals surface area contributed by atoms with Crippen LogP contribution in [0, 0.1) is 18.3 Å². The molecule has 0 radical (unpaired) electrons. The molecular formula is C15H21N3. The van der Waals surface area contributed by atoms with Crippen molar-refractivity contribution in [2.75, 3.05) is 18.4 Å². The van der Waals surface area contributed by atoms with E-state index in [1.54, 1.807) is 0 Å². The highest BCUT2D eigenvalue weighted by Gasteiger charge is 2.39. The predicted octanol–water partition coefficient (Wildman–Crippen LogP) is 2.78. The van der Waals surface area contributed by atoms with Gasteiger partial charge in [0.2, 0.25) is 0 Å². The quantitative estimate of drug-likeness (QED) is 0.887. The Hall–Kier alpha value is -1.53. The van der Waals surface area contributed by atoms with Gasteiger partial charge in [-0.2, -0.15) is 5.26 Å². The molecule has 1 fully saturated rings. The van der Waals surface area contributed by atoms with Crippen molar-refractivity contribution in [3.05, 3.63) is 29.8 Å². The zero-order valence-electron chi connectivity index (χ0n) is 11.4. The predicted molar refractivity (Wildman–Crippen MR) is 74.5 cm³/mol. The van der Waals surface area contributed by atoms with Crippen LogP contribution in [0.15, 0.2) is 24.3 Å². The fourth-order valence-electron chi connectivity index (χ4n) is 2.50. The van der Waals surface area contributed by atoms with Gasteiger partial charge in [0.25, 0.3) is 0 Å². The fraction of sp³-hybridized carbons (Fsp3) is 0.533. The van der Waals surface area contributed by atoms with Gasteiger partial charge in [0.05, 0.1) is 6.07 Å². The Morgan fingerprint density at radius 3 is 2.78 bits per heavy atom. The maximum atomic E-state index is 9.51. The van der Waals surface area contributed by atoms with E-state index in [1.165, 1.54) is 5.56 Å². The average molecular weight is 243 g/mol. The van der Waals surface area contributed by atoms with Crippen molar-refractivity contribution in [1.82, 2.24) is 4.90 Å². The minimum atomic E-state index is -0.432. The van der Waals surface area contributed by atoms with Crippen LogP contribution in [0.25, 0.3) is 0 Å². The van der Waals surface area contributed by atoms with Crippen LogP contribution in [-0.2, 0) is 0 Å². The van der Waals surface area contributed by atoms with E-state index in [9.17, 15) is 5.26 Å². The smallest absolute Gasteiger partial charge is 0.139 e. The summed E-state index contributed by atoms with van der Waals surface area (Å²) in [6.45, 7) is 8.22. The summed E-state index contributed by atoms with van der Waals surface area (Å²) >= 11 is 0. The molecule has 0 bridgehead atoms. The Balaban J connectivity index is 2.14. The third kappa shape index (κ3) is 2.65. The molecule has 96 valence electrons. The first kappa shape index (κ1) is 12.9. The minimum Gasteiger partial charge on any atom is -0.366 e. The van der Waals surface area contributed by atoms with Gasteiger partial charge in [-0.15, -0.1) is 0 Å². The van der Waals surface area contributed by atoms with Gasteiger partial charge in [-0.3, -0.25) is 4.90 Å². The van der Waals surface area contributed by atoms with E-state index >= 15 is 0 Å². The van der Waals surface area contributed by atoms with E-state index in [0.717, 1.165) is 25.2 Å². The van der Waals surface area contributed by atoms with E-state index in [-0.39, 0.29) is 0 Å². The van der Waals surface area contributed by atoms with Crippen LogP contribution in [0.4, 0.5) is 5.69 Å². The summed E-state index contributed by atoms with van der Waals surface area (Å²) in [7, 11) is 0. The molecule has 0 saturated carbocycles. The molecule has 1 aliphatic rings. The summed E-state index contributed by atoms with van der Waals surface area (Å²) in [4.78, 5) is 2.35. The minimum absolute atomic E-state index is 0.432. The summed E-state index contributed by atoms with van der Waals surface area (Å²) in [6, 6.07) is 11.2. The maximum absolute atomic E-state index is 9.51. The maximum Gasteiger partial charge on any atom is 0.139 e. The standard InChI is InChI=1S/C15H21N3/c1-12(2)18-8-7-15(10-16,11-18)17-14-6-4-5-13(3)9-14/h4-6,9,12,17H,7-8,11H2,1-3H3. The van der Waals surface area contributed by atoms with Crippen molar-refractivity contribution in [3.63, 3.8) is 0 Å². The Kier molecular flexibility index (Phi) is 3.58. The summed E-state index contributed by atoms with van der Waals surface area (Å²) in [5.41, 5.74) is 1.83. The Morgan fingerprint density at radius 2 is 2.22 bits per heavy atom. The van der Waals surface area contributed by atoms with Crippen LogP contribution in [0.2, 0.25) is 0 Å². The number of nitrogens with one attached hydrogen (secondary N) is 1. The molecule has 0 amide bonds. The molecule has 1 aromatic rings. The lowest BCUT2D eigenvalue weighted by Gasteiger charge is -2.26. The highest BCUT2D eigenvalue weighted by Crippen LogP contribution is 2.27. The summed E-state index contributed by atoms with van der Waals surface area (Å²) < 4.78 is 0. The van der Waals surface area contributed by atoms with Crippen molar-refractivity contribution in [2.24, 2.45) is 0 Å². The number of rotatable bonds is 3. The highest BCUT2D eigenvalue weighted by atomic mass is 15.2. The normalized spacial score (nSPS) is 24.2. The van der Waals surface area contributed by atoms with Crippen LogP contribution in [0.3, 0.4) is 0 Å². The molecule has 0 aromatic heterocycles. The first-order chi connectivity index (χ1) is 8.54. The molecule has 3 nitrogen and oxygen atoms in total. The van der Waals surface area contributed by atoms with Gasteiger partial charge in [-0.25, -0.2) is 0 Å². The van der Waals surface area contributed by atoms with Crippen molar-refractivity contribution in [2.45, 2.75) is 38.8 Å². The number of hydrogen-bond acceptors (Lipinski definition) is 3. The second-order valence-corrected chi connectivity index (χ2v) is 5.50. The lowest BCUT2D eigenvalue weighted by molar-refractivity contribution is 0.268. The first-order valence-corrected chi connectivity index (χ1v) is 6.55. The van der Waals surface area contributed by atoms with Gasteiger partial charge in [0.15, 0.2) is 0 Å². The highest BCUT2D eigenvalue weighted by molar-refractivity contribution is 5.50. The zero-order valence-corrected chi connectivity index (χ0v) is 11.4. The van der Waals surface area contributed by atoms with Crippen LogP contribution >= 0.6 is 0 Å². The molecule has 1 unspecified atom stereocenters. The van der Waals surface area contributed by atoms with Crippen molar-refractivity contribution < 1.29 is 0 Å². The average Bonchev–Trinajstić information content (AvgIpc) is 2.74. The molecule has 0 spiro atoms. The van der Waals surface area contributed by atoms with E-state index in [1.807, 2.05) is 12.1 Å². The lowest BCUT2D eigenvalue weighted by atomic mass is 10.00. The SMILES string of the molecule is Cc1cccc(NC2(C#N)CCN(C(C)C)C2)c1. The topological polar surface area (TPSA) is 39.1 Å². The number of hydrogen-bond donors (Lipinski definition) is 1. The number of aryl methyl sites for hydroxylation is 1. The first-order valence-electron chi connectivity index (χ1n) is 6.55. The van der Waals surface area contributed by atoms with Crippen molar-refractivity contribution >= 4 is 5.69 Å². The number of nitriles is 1. The molecule has 1 saturated heterocycles. The van der Waals surface area contributed by atoms with Crippen LogP contribution in [-0.4, -0.2) is 29.6 Å². The third-order valence-corrected chi connectivity index (χ3v) is 3.64. The van der Waals surface area contributed by atoms with E-state index in [0.29, 0.717) is 6.04 Å². The number of benzene rings is 1. The Bertz CT molecular complexity index is 461. The zero-order chi connectivity index (χ0) is 13.2. The Labute approximate surface area is 109 Å². The van der Waals surface area contributed by atoms with Crippen molar-refractivity contribution in [3.8, 4) is 6.07 Å². The van der Waals surface area contributed by atoms with Crippen LogP contribution < -0.4 is 5.32 Å². The van der Waals surface area contributed by atoms with Crippen molar-refractivity contribution in [1.29, 1.82) is 5.26 Å². The van der Waals surface area contributed by atoms with Crippen LogP contribution in [0.5, 0.6) is 0 Å². The molecule has 1 heterocycles. The Morgan fingerprint density at radius 1 is 1.44 bits per heavy atom. The second kappa shape index (κ2) is 4.99.